The van der Waals surface area contributed by atoms with Crippen LogP contribution in [0.25, 0.3) is 0 Å². The van der Waals surface area contributed by atoms with Crippen LogP contribution in [-0.2, 0) is 43.7 Å². The quantitative estimate of drug-likeness (QED) is 0.0474. The van der Waals surface area contributed by atoms with Gasteiger partial charge in [-0.1, -0.05) is 53.9 Å². The molecule has 1 fully saturated rings. The molecule has 0 saturated heterocycles. The highest BCUT2D eigenvalue weighted by Crippen LogP contribution is 2.49. The summed E-state index contributed by atoms with van der Waals surface area (Å²) in [5, 5.41) is 25.9. The second-order valence-electron chi connectivity index (χ2n) is 20.6. The van der Waals surface area contributed by atoms with Gasteiger partial charge in [0.05, 0.1) is 34.6 Å². The molecule has 28 heteroatoms. The molecule has 5 N–H and O–H groups in total. The van der Waals surface area contributed by atoms with Crippen molar-refractivity contribution in [3.05, 3.63) is 97.8 Å². The van der Waals surface area contributed by atoms with Crippen LogP contribution in [-0.4, -0.2) is 117 Å². The van der Waals surface area contributed by atoms with Gasteiger partial charge in [-0.3, -0.25) is 14.0 Å². The predicted molar refractivity (Wildman–Crippen MR) is 376 cm³/mol. The molecule has 0 amide bonds. The van der Waals surface area contributed by atoms with Crippen LogP contribution in [0.3, 0.4) is 0 Å². The third-order valence-electron chi connectivity index (χ3n) is 14.6. The number of nitrogens with two attached hydrogens (primary N) is 2. The van der Waals surface area contributed by atoms with E-state index in [0.717, 1.165) is 105 Å². The van der Waals surface area contributed by atoms with E-state index in [4.69, 9.17) is 84.9 Å². The number of carbonyl (C=O) groups is 1. The molecule has 1 atom stereocenters. The van der Waals surface area contributed by atoms with Crippen molar-refractivity contribution < 1.29 is 71.0 Å². The van der Waals surface area contributed by atoms with Crippen molar-refractivity contribution in [1.29, 1.82) is 11.6 Å². The number of nitriles is 2. The van der Waals surface area contributed by atoms with Gasteiger partial charge in [-0.05, 0) is 155 Å². The number of hydrogen-bond acceptors (Lipinski definition) is 22. The molecule has 1 aromatic heterocycles. The van der Waals surface area contributed by atoms with Gasteiger partial charge in [0.2, 0.25) is 5.95 Å². The number of thiol groups is 1. The van der Waals surface area contributed by atoms with E-state index in [1.165, 1.54) is 43.9 Å². The molecule has 6 heterocycles. The lowest BCUT2D eigenvalue weighted by Crippen LogP contribution is -2.18. The number of nitrogens with zero attached hydrogens (tertiary/aromatic N) is 5. The molecule has 5 aliphatic heterocycles. The van der Waals surface area contributed by atoms with Gasteiger partial charge in [0.25, 0.3) is 0 Å². The standard InChI is InChI=1S/C17H22BrNO2.C14H15BrN4O3.C12H12BrNO3.C11H11BrO3.C10H11BrO3.C2H3NOS/c1-2-14-12(11-19-13-6-4-3-5-7-13)10-15(18)17-16(14)20-8-9-21-17;1-2-7-9(22-10-6-18-14(17)19-13(10)16)5-8(15)12-11(7)20-3-4-21-12;1-2-8-10(15-4-3-14)7-9(13)12-11(8)16-5-6-17-12;1-2-8-7(6-13)5-9(12)11-10(8)14-3-4-15-11;1-2-6-8(12)5-7(11)10-9(6)13-3-4-14-10;3-1-2-5-4/h10-11,13H,2-9H2,1H3;5-6H,2-4H2,1H3,(H4,16,17,18,19);7H,2,4-6H2,1H3;5-6H,2-4H2,1H3;5,12H,2-4H2,1H3;5H,2H2/i;;;;;5T. The van der Waals surface area contributed by atoms with Crippen molar-refractivity contribution in [1.82, 2.24) is 9.97 Å². The molecule has 94 heavy (non-hydrogen) atoms. The SMILES string of the molecule is CCc1c(C=NC2CCCCC2)cc(Br)c2c1OCCO2.CCc1c(C=O)cc(Br)c2c1OCCO2.CCc1c(O)cc(Br)c2c1OCCO2.CCc1c(OCC#N)cc(Br)c2c1OCCO2.CCc1c(Oc2cnc(N)nc2N)cc(Br)c2c1OCCO2.[3H]S(=O)CC#N. The number of aldehydes is 1. The van der Waals surface area contributed by atoms with Crippen LogP contribution in [0.2, 0.25) is 0 Å². The van der Waals surface area contributed by atoms with Gasteiger partial charge in [0.1, 0.15) is 96.3 Å². The number of rotatable bonds is 13. The molecule has 1 unspecified atom stereocenters. The minimum absolute atomic E-state index is 0.0269. The van der Waals surface area contributed by atoms with Gasteiger partial charge in [0, 0.05) is 62.8 Å². The number of hydrogen-bond donors (Lipinski definition) is 4. The summed E-state index contributed by atoms with van der Waals surface area (Å²) in [6, 6.07) is 13.2. The molecular weight excluding hydrogens is 1560 g/mol. The average molecular weight is 1640 g/mol. The molecule has 22 nitrogen and oxygen atoms in total. The summed E-state index contributed by atoms with van der Waals surface area (Å²) in [6.07, 6.45) is 14.7. The molecule has 6 aromatic rings. The van der Waals surface area contributed by atoms with Gasteiger partial charge in [-0.15, -0.1) is 0 Å². The Morgan fingerprint density at radius 2 is 0.968 bits per heavy atom. The zero-order valence-corrected chi connectivity index (χ0v) is 61.4. The number of nitrogen functional groups attached to an aromatic ring is 2. The predicted octanol–water partition coefficient (Wildman–Crippen LogP) is 14.3. The summed E-state index contributed by atoms with van der Waals surface area (Å²) in [5.41, 5.74) is 17.9. The summed E-state index contributed by atoms with van der Waals surface area (Å²) >= 11 is 15.5. The maximum absolute atomic E-state index is 10.9. The molecule has 5 aromatic carbocycles. The molecule has 6 aliphatic rings. The van der Waals surface area contributed by atoms with Crippen molar-refractivity contribution in [3.8, 4) is 92.6 Å². The molecule has 0 spiro atoms. The highest BCUT2D eigenvalue weighted by atomic mass is 79.9. The highest BCUT2D eigenvalue weighted by molar-refractivity contribution is 9.11. The van der Waals surface area contributed by atoms with E-state index in [1.807, 2.05) is 52.1 Å². The molecular formula is C66H74Br5N7O15S. The maximum Gasteiger partial charge on any atom is 0.222 e. The van der Waals surface area contributed by atoms with Crippen LogP contribution >= 0.6 is 79.6 Å². The van der Waals surface area contributed by atoms with Crippen molar-refractivity contribution in [2.75, 3.05) is 89.9 Å². The first-order valence-electron chi connectivity index (χ1n) is 30.9. The normalized spacial score (nSPS) is 14.8. The van der Waals surface area contributed by atoms with Crippen LogP contribution in [0.5, 0.6) is 80.5 Å². The fraction of sp³-hybridized carbons (Fsp3) is 0.424. The fourth-order valence-electron chi connectivity index (χ4n) is 10.4. The van der Waals surface area contributed by atoms with Gasteiger partial charge in [0.15, 0.2) is 82.0 Å². The summed E-state index contributed by atoms with van der Waals surface area (Å²) in [6.45, 7) is 15.7. The van der Waals surface area contributed by atoms with Crippen LogP contribution < -0.4 is 68.3 Å². The molecule has 1 saturated carbocycles. The van der Waals surface area contributed by atoms with E-state index >= 15 is 0 Å². The van der Waals surface area contributed by atoms with Gasteiger partial charge in [-0.25, -0.2) is 4.98 Å². The van der Waals surface area contributed by atoms with Crippen molar-refractivity contribution in [2.24, 2.45) is 4.99 Å². The van der Waals surface area contributed by atoms with Crippen molar-refractivity contribution in [3.63, 3.8) is 0 Å². The van der Waals surface area contributed by atoms with Crippen LogP contribution in [0, 0.1) is 22.7 Å². The van der Waals surface area contributed by atoms with E-state index in [2.05, 4.69) is 103 Å². The van der Waals surface area contributed by atoms with E-state index in [-0.39, 0.29) is 29.9 Å². The van der Waals surface area contributed by atoms with Crippen molar-refractivity contribution in [2.45, 2.75) is 105 Å². The topological polar surface area (TPSA) is 303 Å². The number of phenolic OH excluding ortho intramolecular Hbond substituents is 1. The molecule has 1 aliphatic carbocycles. The second-order valence-corrected chi connectivity index (χ2v) is 25.4. The summed E-state index contributed by atoms with van der Waals surface area (Å²) in [5.74, 6) is 9.32. The first-order valence-corrected chi connectivity index (χ1v) is 35.4. The maximum atomic E-state index is 10.9. The van der Waals surface area contributed by atoms with Crippen LogP contribution in [0.4, 0.5) is 11.8 Å². The number of halogens is 5. The first-order chi connectivity index (χ1) is 45.9. The lowest BCUT2D eigenvalue weighted by molar-refractivity contribution is 0.112. The Hall–Kier alpha value is -6.95. The number of ether oxygens (including phenoxy) is 12. The van der Waals surface area contributed by atoms with Crippen LogP contribution in [0.1, 0.15) is 110 Å². The van der Waals surface area contributed by atoms with Crippen molar-refractivity contribution >= 4 is 115 Å². The first kappa shape index (κ1) is 72.9. The molecule has 0 bridgehead atoms. The number of fused-ring (bicyclic) bond motifs is 5. The Morgan fingerprint density at radius 1 is 0.574 bits per heavy atom. The minimum atomic E-state index is -1.68. The molecule has 12 rings (SSSR count). The number of aliphatic imine (C=N–C) groups is 1. The molecule has 504 valence electrons. The second kappa shape index (κ2) is 38.0. The summed E-state index contributed by atoms with van der Waals surface area (Å²) < 4.78 is 87.3. The number of aromatic hydroxyl groups is 1. The Balaban J connectivity index is 0.000000166. The Kier molecular flexibility index (Phi) is 29.4. The lowest BCUT2D eigenvalue weighted by atomic mass is 9.96. The summed E-state index contributed by atoms with van der Waals surface area (Å²) in [4.78, 5) is 23.5. The minimum Gasteiger partial charge on any atom is -0.507 e. The number of phenols is 1. The zero-order chi connectivity index (χ0) is 68.6. The molecule has 0 radical (unpaired) electrons. The van der Waals surface area contributed by atoms with E-state index in [0.29, 0.717) is 136 Å². The Bertz CT molecular complexity index is 3780. The number of aromatic nitrogens is 2. The van der Waals surface area contributed by atoms with E-state index in [1.54, 1.807) is 18.2 Å². The summed E-state index contributed by atoms with van der Waals surface area (Å²) in [7, 11) is 0. The third-order valence-corrected chi connectivity index (χ3v) is 17.8. The van der Waals surface area contributed by atoms with Crippen LogP contribution in [0.15, 0.2) is 63.9 Å². The number of benzene rings is 5. The van der Waals surface area contributed by atoms with Gasteiger partial charge in [-0.2, -0.15) is 15.5 Å². The number of carbonyl (C=O) groups excluding carboxylic acids is 1. The smallest absolute Gasteiger partial charge is 0.222 e. The third kappa shape index (κ3) is 19.4. The Labute approximate surface area is 593 Å². The monoisotopic (exact) mass is 1630 g/mol. The van der Waals surface area contributed by atoms with Gasteiger partial charge < -0.3 is 73.4 Å². The number of anilines is 2. The fourth-order valence-corrected chi connectivity index (χ4v) is 13.1. The Morgan fingerprint density at radius 3 is 1.38 bits per heavy atom. The average Bonchev–Trinajstić information content (AvgIpc) is 0.925. The largest absolute Gasteiger partial charge is 0.507 e. The van der Waals surface area contributed by atoms with E-state index in [9.17, 15) is 14.1 Å². The van der Waals surface area contributed by atoms with Gasteiger partial charge >= 0.3 is 0 Å². The zero-order valence-electron chi connectivity index (χ0n) is 53.6. The lowest BCUT2D eigenvalue weighted by Gasteiger charge is -2.24. The van der Waals surface area contributed by atoms with E-state index < -0.39 is 11.6 Å². The highest BCUT2D eigenvalue weighted by Gasteiger charge is 2.28.